The molecule has 0 aliphatic heterocycles. The van der Waals surface area contributed by atoms with Crippen LogP contribution in [-0.2, 0) is 4.79 Å². The number of aliphatic hydroxyl groups is 1. The Hall–Kier alpha value is -1.30. The van der Waals surface area contributed by atoms with Gasteiger partial charge in [0.05, 0.1) is 0 Å². The first-order valence-electron chi connectivity index (χ1n) is 3.81. The number of carboxylic acids is 1. The van der Waals surface area contributed by atoms with E-state index in [2.05, 4.69) is 5.32 Å². The van der Waals surface area contributed by atoms with Crippen molar-refractivity contribution >= 4 is 12.0 Å². The molecule has 0 heterocycles. The highest BCUT2D eigenvalue weighted by atomic mass is 16.4. The number of nitrogens with zero attached hydrogens (tertiary/aromatic N) is 1. The minimum absolute atomic E-state index is 0.00884. The molecule has 0 radical (unpaired) electrons. The normalized spacial score (nSPS) is 11.9. The molecule has 0 spiro atoms. The summed E-state index contributed by atoms with van der Waals surface area (Å²) in [4.78, 5) is 22.3. The molecule has 0 unspecified atom stereocenters. The Morgan fingerprint density at radius 2 is 2.00 bits per heavy atom. The fraction of sp³-hybridized carbons (Fsp3) is 0.714. The van der Waals surface area contributed by atoms with Gasteiger partial charge in [-0.15, -0.1) is 0 Å². The molecule has 0 bridgehead atoms. The summed E-state index contributed by atoms with van der Waals surface area (Å²) in [7, 11) is 3.14. The number of urea groups is 1. The molecule has 76 valence electrons. The lowest BCUT2D eigenvalue weighted by atomic mass is 10.2. The van der Waals surface area contributed by atoms with Crippen LogP contribution in [0, 0.1) is 0 Å². The Bertz CT molecular complexity index is 193. The fourth-order valence-corrected chi connectivity index (χ4v) is 0.597. The van der Waals surface area contributed by atoms with Gasteiger partial charge in [-0.05, 0) is 0 Å². The second kappa shape index (κ2) is 5.36. The molecule has 0 fully saturated rings. The van der Waals surface area contributed by atoms with Crippen molar-refractivity contribution in [1.29, 1.82) is 0 Å². The number of hydrogen-bond acceptors (Lipinski definition) is 3. The summed E-state index contributed by atoms with van der Waals surface area (Å²) >= 11 is 0. The number of amides is 2. The molecule has 0 aliphatic carbocycles. The van der Waals surface area contributed by atoms with E-state index >= 15 is 0 Å². The van der Waals surface area contributed by atoms with Gasteiger partial charge in [0.2, 0.25) is 0 Å². The highest BCUT2D eigenvalue weighted by molar-refractivity contribution is 5.74. The van der Waals surface area contributed by atoms with Gasteiger partial charge in [0.15, 0.2) is 6.10 Å². The van der Waals surface area contributed by atoms with Gasteiger partial charge < -0.3 is 20.4 Å². The lowest BCUT2D eigenvalue weighted by molar-refractivity contribution is -0.146. The van der Waals surface area contributed by atoms with Crippen LogP contribution in [0.15, 0.2) is 0 Å². The second-order valence-corrected chi connectivity index (χ2v) is 2.77. The van der Waals surface area contributed by atoms with Gasteiger partial charge in [0, 0.05) is 27.1 Å². The Kier molecular flexibility index (Phi) is 4.83. The van der Waals surface area contributed by atoms with Crippen LogP contribution in [-0.4, -0.2) is 53.9 Å². The van der Waals surface area contributed by atoms with E-state index in [1.54, 1.807) is 14.1 Å². The second-order valence-electron chi connectivity index (χ2n) is 2.77. The Morgan fingerprint density at radius 3 is 2.38 bits per heavy atom. The molecule has 0 aromatic rings. The molecule has 0 aromatic carbocycles. The van der Waals surface area contributed by atoms with E-state index in [-0.39, 0.29) is 19.0 Å². The van der Waals surface area contributed by atoms with Crippen molar-refractivity contribution in [3.8, 4) is 0 Å². The molecular weight excluding hydrogens is 176 g/mol. The zero-order valence-corrected chi connectivity index (χ0v) is 7.65. The van der Waals surface area contributed by atoms with Gasteiger partial charge in [-0.3, -0.25) is 0 Å². The summed E-state index contributed by atoms with van der Waals surface area (Å²) in [5.74, 6) is -1.28. The fourth-order valence-electron chi connectivity index (χ4n) is 0.597. The van der Waals surface area contributed by atoms with E-state index in [1.807, 2.05) is 0 Å². The van der Waals surface area contributed by atoms with Crippen LogP contribution in [0.25, 0.3) is 0 Å². The average molecular weight is 190 g/mol. The topological polar surface area (TPSA) is 89.9 Å². The predicted molar refractivity (Wildman–Crippen MR) is 45.3 cm³/mol. The standard InChI is InChI=1S/C7H14N2O4/c1-9(2)7(13)8-4-3-5(10)6(11)12/h5,10H,3-4H2,1-2H3,(H,8,13)(H,11,12)/t5-/m0/s1. The van der Waals surface area contributed by atoms with Crippen LogP contribution in [0.1, 0.15) is 6.42 Å². The van der Waals surface area contributed by atoms with Crippen molar-refractivity contribution in [3.63, 3.8) is 0 Å². The number of hydrogen-bond donors (Lipinski definition) is 3. The third kappa shape index (κ3) is 5.02. The van der Waals surface area contributed by atoms with E-state index < -0.39 is 12.1 Å². The lowest BCUT2D eigenvalue weighted by Crippen LogP contribution is -2.36. The molecule has 0 rings (SSSR count). The Morgan fingerprint density at radius 1 is 1.46 bits per heavy atom. The molecule has 1 atom stereocenters. The predicted octanol–water partition coefficient (Wildman–Crippen LogP) is -0.907. The van der Waals surface area contributed by atoms with Gasteiger partial charge in [-0.1, -0.05) is 0 Å². The third-order valence-corrected chi connectivity index (χ3v) is 1.39. The van der Waals surface area contributed by atoms with Crippen molar-refractivity contribution in [2.24, 2.45) is 0 Å². The smallest absolute Gasteiger partial charge is 0.332 e. The van der Waals surface area contributed by atoms with Gasteiger partial charge in [-0.2, -0.15) is 0 Å². The highest BCUT2D eigenvalue weighted by Crippen LogP contribution is 1.89. The quantitative estimate of drug-likeness (QED) is 0.535. The van der Waals surface area contributed by atoms with E-state index in [0.717, 1.165) is 0 Å². The van der Waals surface area contributed by atoms with E-state index in [1.165, 1.54) is 4.90 Å². The number of rotatable bonds is 4. The minimum atomic E-state index is -1.41. The number of carbonyl (C=O) groups excluding carboxylic acids is 1. The number of nitrogens with one attached hydrogen (secondary N) is 1. The number of carboxylic acid groups (broad SMARTS) is 1. The van der Waals surface area contributed by atoms with Gasteiger partial charge >= 0.3 is 12.0 Å². The van der Waals surface area contributed by atoms with E-state index in [4.69, 9.17) is 10.2 Å². The first-order valence-corrected chi connectivity index (χ1v) is 3.81. The summed E-state index contributed by atoms with van der Waals surface area (Å²) in [6.07, 6.45) is -1.41. The maximum atomic E-state index is 10.9. The van der Waals surface area contributed by atoms with Crippen molar-refractivity contribution in [1.82, 2.24) is 10.2 Å². The van der Waals surface area contributed by atoms with Crippen LogP contribution >= 0.6 is 0 Å². The van der Waals surface area contributed by atoms with Crippen LogP contribution < -0.4 is 5.32 Å². The third-order valence-electron chi connectivity index (χ3n) is 1.39. The van der Waals surface area contributed by atoms with Crippen LogP contribution in [0.3, 0.4) is 0 Å². The summed E-state index contributed by atoms with van der Waals surface area (Å²) < 4.78 is 0. The molecule has 6 heteroatoms. The lowest BCUT2D eigenvalue weighted by Gasteiger charge is -2.12. The molecule has 6 nitrogen and oxygen atoms in total. The first kappa shape index (κ1) is 11.7. The molecule has 13 heavy (non-hydrogen) atoms. The van der Waals surface area contributed by atoms with Crippen LogP contribution in [0.4, 0.5) is 4.79 Å². The van der Waals surface area contributed by atoms with E-state index in [9.17, 15) is 9.59 Å². The average Bonchev–Trinajstić information content (AvgIpc) is 2.03. The molecule has 0 saturated heterocycles. The SMILES string of the molecule is CN(C)C(=O)NCC[C@H](O)C(=O)O. The molecule has 0 aliphatic rings. The molecule has 3 N–H and O–H groups in total. The Labute approximate surface area is 76.2 Å². The summed E-state index contributed by atoms with van der Waals surface area (Å²) in [5, 5.41) is 19.5. The molecule has 2 amide bonds. The maximum absolute atomic E-state index is 10.9. The number of aliphatic carboxylic acids is 1. The van der Waals surface area contributed by atoms with Crippen molar-refractivity contribution in [2.75, 3.05) is 20.6 Å². The van der Waals surface area contributed by atoms with E-state index in [0.29, 0.717) is 0 Å². The maximum Gasteiger partial charge on any atom is 0.332 e. The monoisotopic (exact) mass is 190 g/mol. The summed E-state index contributed by atoms with van der Waals surface area (Å²) in [6.45, 7) is 0.143. The van der Waals surface area contributed by atoms with Crippen molar-refractivity contribution in [2.45, 2.75) is 12.5 Å². The van der Waals surface area contributed by atoms with Gasteiger partial charge in [0.25, 0.3) is 0 Å². The zero-order chi connectivity index (χ0) is 10.4. The van der Waals surface area contributed by atoms with Crippen molar-refractivity contribution in [3.05, 3.63) is 0 Å². The largest absolute Gasteiger partial charge is 0.479 e. The van der Waals surface area contributed by atoms with Crippen molar-refractivity contribution < 1.29 is 19.8 Å². The van der Waals surface area contributed by atoms with Gasteiger partial charge in [-0.25, -0.2) is 9.59 Å². The first-order chi connectivity index (χ1) is 5.95. The number of carbonyl (C=O) groups is 2. The highest BCUT2D eigenvalue weighted by Gasteiger charge is 2.12. The van der Waals surface area contributed by atoms with Crippen LogP contribution in [0.2, 0.25) is 0 Å². The summed E-state index contributed by atoms with van der Waals surface area (Å²) in [5.41, 5.74) is 0. The zero-order valence-electron chi connectivity index (χ0n) is 7.65. The molecular formula is C7H14N2O4. The van der Waals surface area contributed by atoms with Crippen LogP contribution in [0.5, 0.6) is 0 Å². The van der Waals surface area contributed by atoms with Gasteiger partial charge in [0.1, 0.15) is 0 Å². The Balaban J connectivity index is 3.56. The summed E-state index contributed by atoms with van der Waals surface area (Å²) in [6, 6.07) is -0.308. The minimum Gasteiger partial charge on any atom is -0.479 e. The molecule has 0 saturated carbocycles. The molecule has 0 aromatic heterocycles. The number of aliphatic hydroxyl groups excluding tert-OH is 1.